The Balaban J connectivity index is 1.47. The number of allylic oxidation sites excluding steroid dienone is 1. The number of aryl methyl sites for hydroxylation is 2. The molecule has 0 heterocycles. The summed E-state index contributed by atoms with van der Waals surface area (Å²) in [4.78, 5) is 12.4. The molecule has 3 nitrogen and oxygen atoms in total. The van der Waals surface area contributed by atoms with Gasteiger partial charge in [0.05, 0.1) is 6.04 Å². The molecule has 29 heavy (non-hydrogen) atoms. The maximum absolute atomic E-state index is 12.4. The average molecular weight is 409 g/mol. The van der Waals surface area contributed by atoms with Crippen LogP contribution in [0.4, 0.5) is 11.4 Å². The summed E-state index contributed by atoms with van der Waals surface area (Å²) >= 11 is 6.01. The second-order valence-electron chi connectivity index (χ2n) is 8.35. The molecule has 0 spiro atoms. The van der Waals surface area contributed by atoms with E-state index in [0.717, 1.165) is 41.2 Å². The zero-order valence-electron chi connectivity index (χ0n) is 17.0. The van der Waals surface area contributed by atoms with Crippen molar-refractivity contribution in [1.82, 2.24) is 0 Å². The van der Waals surface area contributed by atoms with Crippen molar-refractivity contribution in [2.45, 2.75) is 57.9 Å². The molecule has 2 aliphatic carbocycles. The molecule has 0 bridgehead atoms. The van der Waals surface area contributed by atoms with Gasteiger partial charge in [-0.2, -0.15) is 0 Å². The molecule has 2 aliphatic rings. The van der Waals surface area contributed by atoms with E-state index in [-0.39, 0.29) is 11.9 Å². The molecule has 4 rings (SSSR count). The number of rotatable bonds is 5. The summed E-state index contributed by atoms with van der Waals surface area (Å²) < 4.78 is 0. The zero-order valence-corrected chi connectivity index (χ0v) is 17.8. The number of carbonyl (C=O) groups excluding carboxylic acids is 1. The first-order valence-electron chi connectivity index (χ1n) is 10.7. The number of hydrogen-bond acceptors (Lipinski definition) is 2. The summed E-state index contributed by atoms with van der Waals surface area (Å²) in [6, 6.07) is 12.6. The molecule has 1 atom stereocenters. The van der Waals surface area contributed by atoms with E-state index in [1.807, 2.05) is 24.3 Å². The molecule has 4 heteroatoms. The van der Waals surface area contributed by atoms with Crippen molar-refractivity contribution >= 4 is 28.9 Å². The van der Waals surface area contributed by atoms with Crippen molar-refractivity contribution in [2.24, 2.45) is 5.92 Å². The highest BCUT2D eigenvalue weighted by molar-refractivity contribution is 6.30. The minimum Gasteiger partial charge on any atom is -0.378 e. The number of amides is 1. The number of anilines is 2. The maximum Gasteiger partial charge on any atom is 0.248 e. The molecule has 1 saturated carbocycles. The molecule has 0 radical (unpaired) electrons. The van der Waals surface area contributed by atoms with Crippen LogP contribution in [0.1, 0.15) is 61.3 Å². The van der Waals surface area contributed by atoms with E-state index in [2.05, 4.69) is 35.8 Å². The fourth-order valence-electron chi connectivity index (χ4n) is 4.55. The van der Waals surface area contributed by atoms with Crippen LogP contribution in [0.3, 0.4) is 0 Å². The summed E-state index contributed by atoms with van der Waals surface area (Å²) in [5, 5.41) is 7.49. The minimum atomic E-state index is -0.0217. The Labute approximate surface area is 178 Å². The first-order valence-corrected chi connectivity index (χ1v) is 11.1. The van der Waals surface area contributed by atoms with Crippen LogP contribution < -0.4 is 10.6 Å². The van der Waals surface area contributed by atoms with Gasteiger partial charge < -0.3 is 10.6 Å². The van der Waals surface area contributed by atoms with Gasteiger partial charge in [0.25, 0.3) is 0 Å². The van der Waals surface area contributed by atoms with Crippen LogP contribution in [-0.2, 0) is 11.2 Å². The van der Waals surface area contributed by atoms with Gasteiger partial charge in [-0.1, -0.05) is 36.6 Å². The first kappa shape index (κ1) is 20.0. The molecular weight excluding hydrogens is 380 g/mol. The van der Waals surface area contributed by atoms with Gasteiger partial charge in [0.1, 0.15) is 0 Å². The third-order valence-electron chi connectivity index (χ3n) is 6.16. The smallest absolute Gasteiger partial charge is 0.248 e. The van der Waals surface area contributed by atoms with E-state index >= 15 is 0 Å². The fraction of sp³-hybridized carbons (Fsp3) is 0.400. The molecule has 152 valence electrons. The number of hydrogen-bond donors (Lipinski definition) is 2. The molecule has 1 amide bonds. The number of halogens is 1. The van der Waals surface area contributed by atoms with Crippen molar-refractivity contribution in [3.8, 4) is 0 Å². The highest BCUT2D eigenvalue weighted by Crippen LogP contribution is 2.36. The third-order valence-corrected chi connectivity index (χ3v) is 6.42. The highest BCUT2D eigenvalue weighted by Gasteiger charge is 2.22. The van der Waals surface area contributed by atoms with Gasteiger partial charge in [-0.3, -0.25) is 4.79 Å². The molecular formula is C25H29ClN2O. The summed E-state index contributed by atoms with van der Waals surface area (Å²) in [6.07, 6.45) is 12.1. The molecule has 0 aliphatic heterocycles. The van der Waals surface area contributed by atoms with E-state index in [0.29, 0.717) is 5.92 Å². The maximum atomic E-state index is 12.4. The lowest BCUT2D eigenvalue weighted by Crippen LogP contribution is -2.19. The molecule has 2 N–H and O–H groups in total. The van der Waals surface area contributed by atoms with Gasteiger partial charge in [0.2, 0.25) is 5.91 Å². The van der Waals surface area contributed by atoms with Crippen LogP contribution in [0, 0.1) is 12.8 Å². The number of carbonyl (C=O) groups is 1. The molecule has 0 aromatic heterocycles. The van der Waals surface area contributed by atoms with Crippen molar-refractivity contribution in [3.63, 3.8) is 0 Å². The summed E-state index contributed by atoms with van der Waals surface area (Å²) in [5.74, 6) is 0.552. The Kier molecular flexibility index (Phi) is 6.25. The monoisotopic (exact) mass is 408 g/mol. The van der Waals surface area contributed by atoms with E-state index in [4.69, 9.17) is 11.6 Å². The number of benzene rings is 2. The SMILES string of the molecule is Cc1cc2c(cc1NC(=O)/C=C/C1CCCC1)CCCC2Nc1ccc(Cl)cc1. The lowest BCUT2D eigenvalue weighted by molar-refractivity contribution is -0.111. The fourth-order valence-corrected chi connectivity index (χ4v) is 4.67. The lowest BCUT2D eigenvalue weighted by atomic mass is 9.86. The Hall–Kier alpha value is -2.26. The number of nitrogens with one attached hydrogen (secondary N) is 2. The Morgan fingerprint density at radius 1 is 1.07 bits per heavy atom. The summed E-state index contributed by atoms with van der Waals surface area (Å²) in [7, 11) is 0. The van der Waals surface area contributed by atoms with Gasteiger partial charge in [-0.15, -0.1) is 0 Å². The van der Waals surface area contributed by atoms with Gasteiger partial charge in [-0.25, -0.2) is 0 Å². The number of fused-ring (bicyclic) bond motifs is 1. The van der Waals surface area contributed by atoms with E-state index in [1.54, 1.807) is 6.08 Å². The van der Waals surface area contributed by atoms with E-state index in [9.17, 15) is 4.79 Å². The van der Waals surface area contributed by atoms with Crippen LogP contribution in [0.15, 0.2) is 48.6 Å². The topological polar surface area (TPSA) is 41.1 Å². The predicted octanol–water partition coefficient (Wildman–Crippen LogP) is 6.82. The Morgan fingerprint density at radius 3 is 2.59 bits per heavy atom. The normalized spacial score (nSPS) is 19.3. The molecule has 0 saturated heterocycles. The second kappa shape index (κ2) is 9.04. The molecule has 2 aromatic rings. The predicted molar refractivity (Wildman–Crippen MR) is 122 cm³/mol. The van der Waals surface area contributed by atoms with Gasteiger partial charge in [0.15, 0.2) is 0 Å². The van der Waals surface area contributed by atoms with Gasteiger partial charge >= 0.3 is 0 Å². The van der Waals surface area contributed by atoms with E-state index < -0.39 is 0 Å². The largest absolute Gasteiger partial charge is 0.378 e. The Morgan fingerprint density at radius 2 is 1.83 bits per heavy atom. The van der Waals surface area contributed by atoms with Crippen LogP contribution >= 0.6 is 11.6 Å². The van der Waals surface area contributed by atoms with Crippen LogP contribution in [-0.4, -0.2) is 5.91 Å². The molecule has 1 fully saturated rings. The van der Waals surface area contributed by atoms with E-state index in [1.165, 1.54) is 36.8 Å². The summed E-state index contributed by atoms with van der Waals surface area (Å²) in [5.41, 5.74) is 5.78. The van der Waals surface area contributed by atoms with Gasteiger partial charge in [0, 0.05) is 16.4 Å². The van der Waals surface area contributed by atoms with Crippen molar-refractivity contribution in [2.75, 3.05) is 10.6 Å². The van der Waals surface area contributed by atoms with Crippen LogP contribution in [0.5, 0.6) is 0 Å². The highest BCUT2D eigenvalue weighted by atomic mass is 35.5. The minimum absolute atomic E-state index is 0.0217. The molecule has 1 unspecified atom stereocenters. The standard InChI is InChI=1S/C25H29ClN2O/c1-17-15-22-19(7-4-8-23(22)27-21-12-10-20(26)11-13-21)16-24(17)28-25(29)14-9-18-5-2-3-6-18/h9-16,18,23,27H,2-8H2,1H3,(H,28,29)/b14-9+. The second-order valence-corrected chi connectivity index (χ2v) is 8.79. The first-order chi connectivity index (χ1) is 14.1. The third kappa shape index (κ3) is 5.02. The van der Waals surface area contributed by atoms with Crippen molar-refractivity contribution in [3.05, 3.63) is 70.3 Å². The molecule has 2 aromatic carbocycles. The Bertz CT molecular complexity index is 898. The van der Waals surface area contributed by atoms with Crippen molar-refractivity contribution < 1.29 is 4.79 Å². The average Bonchev–Trinajstić information content (AvgIpc) is 3.23. The van der Waals surface area contributed by atoms with Crippen LogP contribution in [0.25, 0.3) is 0 Å². The lowest BCUT2D eigenvalue weighted by Gasteiger charge is -2.28. The quantitative estimate of drug-likeness (QED) is 0.532. The van der Waals surface area contributed by atoms with Crippen molar-refractivity contribution in [1.29, 1.82) is 0 Å². The zero-order chi connectivity index (χ0) is 20.2. The van der Waals surface area contributed by atoms with Gasteiger partial charge in [-0.05, 0) is 98.0 Å². The van der Waals surface area contributed by atoms with Crippen LogP contribution in [0.2, 0.25) is 5.02 Å². The summed E-state index contributed by atoms with van der Waals surface area (Å²) in [6.45, 7) is 2.07.